The van der Waals surface area contributed by atoms with E-state index >= 15 is 0 Å². The molecule has 32 heavy (non-hydrogen) atoms. The highest BCUT2D eigenvalue weighted by atomic mass is 35.5. The molecule has 14 atom stereocenters. The van der Waals surface area contributed by atoms with Crippen molar-refractivity contribution in [1.29, 1.82) is 0 Å². The molecule has 2 saturated carbocycles. The van der Waals surface area contributed by atoms with E-state index in [4.69, 9.17) is 30.5 Å². The Balaban J connectivity index is 1.73. The first-order valence-electron chi connectivity index (χ1n) is 11.0. The summed E-state index contributed by atoms with van der Waals surface area (Å²) in [5.41, 5.74) is -2.75. The van der Waals surface area contributed by atoms with Crippen LogP contribution < -0.4 is 0 Å². The molecule has 9 nitrogen and oxygen atoms in total. The summed E-state index contributed by atoms with van der Waals surface area (Å²) >= 11 is 6.66. The minimum Gasteiger partial charge on any atom is -0.459 e. The Morgan fingerprint density at radius 2 is 1.84 bits per heavy atom. The first-order chi connectivity index (χ1) is 14.9. The van der Waals surface area contributed by atoms with Gasteiger partial charge in [-0.3, -0.25) is 9.59 Å². The second kappa shape index (κ2) is 6.90. The number of alkyl halides is 1. The van der Waals surface area contributed by atoms with Crippen molar-refractivity contribution in [3.8, 4) is 0 Å². The SMILES string of the molecule is C=C1C(Cl)C2OC(=O)C(C)C2(O)C(OC(C)=O)C2C(C)C(O)C3OC3C2(C)C(O)C2OC12. The molecular weight excluding hydrogens is 444 g/mol. The van der Waals surface area contributed by atoms with E-state index < -0.39 is 94.9 Å². The average Bonchev–Trinajstić information content (AvgIpc) is 3.64. The fourth-order valence-corrected chi connectivity index (χ4v) is 6.96. The average molecular weight is 473 g/mol. The summed E-state index contributed by atoms with van der Waals surface area (Å²) in [7, 11) is 0. The second-order valence-corrected chi connectivity index (χ2v) is 10.7. The predicted octanol–water partition coefficient (Wildman–Crippen LogP) is -0.0833. The molecule has 2 aliphatic carbocycles. The number of aliphatic hydroxyl groups is 3. The van der Waals surface area contributed by atoms with Crippen molar-refractivity contribution < 1.29 is 43.9 Å². The van der Waals surface area contributed by atoms with Crippen molar-refractivity contribution in [1.82, 2.24) is 0 Å². The van der Waals surface area contributed by atoms with E-state index in [1.807, 2.05) is 0 Å². The molecule has 3 N–H and O–H groups in total. The Labute approximate surface area is 190 Å². The quantitative estimate of drug-likeness (QED) is 0.207. The molecule has 178 valence electrons. The number of hydrogen-bond donors (Lipinski definition) is 3. The largest absolute Gasteiger partial charge is 0.459 e. The molecule has 0 aromatic rings. The number of halogens is 1. The molecule has 14 unspecified atom stereocenters. The van der Waals surface area contributed by atoms with Crippen LogP contribution in [0.2, 0.25) is 0 Å². The van der Waals surface area contributed by atoms with Gasteiger partial charge in [0.25, 0.3) is 0 Å². The van der Waals surface area contributed by atoms with Crippen LogP contribution in [-0.4, -0.2) is 87.1 Å². The number of aliphatic hydroxyl groups excluding tert-OH is 2. The van der Waals surface area contributed by atoms with Crippen molar-refractivity contribution in [3.05, 3.63) is 12.2 Å². The Morgan fingerprint density at radius 1 is 1.19 bits per heavy atom. The van der Waals surface area contributed by atoms with Gasteiger partial charge in [-0.05, 0) is 18.4 Å². The maximum Gasteiger partial charge on any atom is 0.312 e. The molecule has 0 aromatic heterocycles. The van der Waals surface area contributed by atoms with Crippen molar-refractivity contribution in [3.63, 3.8) is 0 Å². The topological polar surface area (TPSA) is 138 Å². The van der Waals surface area contributed by atoms with Gasteiger partial charge in [-0.15, -0.1) is 11.6 Å². The molecule has 0 radical (unpaired) electrons. The van der Waals surface area contributed by atoms with Crippen LogP contribution in [0.3, 0.4) is 0 Å². The Kier molecular flexibility index (Phi) is 4.86. The molecule has 3 heterocycles. The standard InChI is InChI=1S/C22H29ClO9/c1-6-10-17(29-9(4)24)22(28)8(3)20(27)32-18(22)11(23)7(2)13-15(30-13)16(26)21(10,5)19-14(31-19)12(6)25/h6,8,10-19,25-26,28H,2H2,1,3-5H3. The molecule has 3 saturated heterocycles. The van der Waals surface area contributed by atoms with Crippen molar-refractivity contribution >= 4 is 23.5 Å². The zero-order valence-electron chi connectivity index (χ0n) is 18.3. The van der Waals surface area contributed by atoms with Crippen LogP contribution in [-0.2, 0) is 28.5 Å². The van der Waals surface area contributed by atoms with Crippen LogP contribution in [0.4, 0.5) is 0 Å². The van der Waals surface area contributed by atoms with E-state index in [0.717, 1.165) is 0 Å². The normalized spacial score (nSPS) is 58.5. The molecule has 0 bridgehead atoms. The van der Waals surface area contributed by atoms with Gasteiger partial charge in [-0.25, -0.2) is 0 Å². The summed E-state index contributed by atoms with van der Waals surface area (Å²) < 4.78 is 22.8. The first-order valence-corrected chi connectivity index (χ1v) is 11.4. The lowest BCUT2D eigenvalue weighted by Gasteiger charge is -2.54. The van der Waals surface area contributed by atoms with Gasteiger partial charge in [-0.2, -0.15) is 0 Å². The highest BCUT2D eigenvalue weighted by Gasteiger charge is 2.76. The molecule has 5 rings (SSSR count). The highest BCUT2D eigenvalue weighted by Crippen LogP contribution is 2.62. The molecule has 5 aliphatic rings. The van der Waals surface area contributed by atoms with E-state index in [1.54, 1.807) is 13.8 Å². The first kappa shape index (κ1) is 22.6. The summed E-state index contributed by atoms with van der Waals surface area (Å²) in [6, 6.07) is 0. The van der Waals surface area contributed by atoms with Gasteiger partial charge in [0.05, 0.1) is 29.6 Å². The number of ether oxygens (including phenoxy) is 4. The van der Waals surface area contributed by atoms with Crippen molar-refractivity contribution in [2.45, 2.75) is 87.5 Å². The van der Waals surface area contributed by atoms with Crippen LogP contribution in [0.1, 0.15) is 27.7 Å². The lowest BCUT2D eigenvalue weighted by Crippen LogP contribution is -2.68. The lowest BCUT2D eigenvalue weighted by atomic mass is 9.53. The zero-order valence-corrected chi connectivity index (χ0v) is 19.1. The van der Waals surface area contributed by atoms with Crippen LogP contribution >= 0.6 is 11.6 Å². The predicted molar refractivity (Wildman–Crippen MR) is 108 cm³/mol. The number of rotatable bonds is 1. The third-order valence-corrected chi connectivity index (χ3v) is 9.09. The highest BCUT2D eigenvalue weighted by molar-refractivity contribution is 6.23. The van der Waals surface area contributed by atoms with Gasteiger partial charge < -0.3 is 34.3 Å². The minimum atomic E-state index is -2.04. The van der Waals surface area contributed by atoms with E-state index in [-0.39, 0.29) is 0 Å². The van der Waals surface area contributed by atoms with Crippen LogP contribution in [0.15, 0.2) is 12.2 Å². The summed E-state index contributed by atoms with van der Waals surface area (Å²) in [5.74, 6) is -3.83. The van der Waals surface area contributed by atoms with E-state index in [0.29, 0.717) is 5.57 Å². The molecule has 0 aromatic carbocycles. The number of fused-ring (bicyclic) bond motifs is 5. The Morgan fingerprint density at radius 3 is 2.47 bits per heavy atom. The molecule has 0 amide bonds. The number of esters is 2. The maximum absolute atomic E-state index is 12.7. The van der Waals surface area contributed by atoms with Crippen molar-refractivity contribution in [2.75, 3.05) is 0 Å². The van der Waals surface area contributed by atoms with E-state index in [9.17, 15) is 24.9 Å². The number of hydrogen-bond acceptors (Lipinski definition) is 9. The van der Waals surface area contributed by atoms with Gasteiger partial charge in [0.15, 0.2) is 11.7 Å². The number of epoxide rings is 2. The minimum absolute atomic E-state index is 0.363. The third kappa shape index (κ3) is 2.69. The fraction of sp³-hybridized carbons (Fsp3) is 0.818. The van der Waals surface area contributed by atoms with Crippen molar-refractivity contribution in [2.24, 2.45) is 23.2 Å². The second-order valence-electron chi connectivity index (χ2n) is 10.2. The van der Waals surface area contributed by atoms with Crippen LogP contribution in [0.5, 0.6) is 0 Å². The molecule has 5 fully saturated rings. The molecule has 0 spiro atoms. The monoisotopic (exact) mass is 472 g/mol. The summed E-state index contributed by atoms with van der Waals surface area (Å²) in [6.45, 7) is 10.2. The maximum atomic E-state index is 12.7. The van der Waals surface area contributed by atoms with Crippen LogP contribution in [0.25, 0.3) is 0 Å². The van der Waals surface area contributed by atoms with Gasteiger partial charge in [0, 0.05) is 18.3 Å². The zero-order chi connectivity index (χ0) is 23.5. The van der Waals surface area contributed by atoms with E-state index in [1.165, 1.54) is 13.8 Å². The Bertz CT molecular complexity index is 879. The summed E-state index contributed by atoms with van der Waals surface area (Å²) in [6.07, 6.45) is -6.87. The Hall–Kier alpha value is -1.23. The smallest absolute Gasteiger partial charge is 0.312 e. The number of carbonyl (C=O) groups is 2. The lowest BCUT2D eigenvalue weighted by molar-refractivity contribution is -0.221. The molecule has 3 aliphatic heterocycles. The molecular formula is C22H29ClO9. The van der Waals surface area contributed by atoms with Crippen LogP contribution in [0, 0.1) is 23.2 Å². The van der Waals surface area contributed by atoms with Gasteiger partial charge in [-0.1, -0.05) is 20.4 Å². The fourth-order valence-electron chi connectivity index (χ4n) is 6.58. The van der Waals surface area contributed by atoms with Gasteiger partial charge >= 0.3 is 11.9 Å². The van der Waals surface area contributed by atoms with E-state index in [2.05, 4.69) is 6.58 Å². The van der Waals surface area contributed by atoms with Gasteiger partial charge in [0.1, 0.15) is 24.4 Å². The van der Waals surface area contributed by atoms with Gasteiger partial charge in [0.2, 0.25) is 0 Å². The summed E-state index contributed by atoms with van der Waals surface area (Å²) in [5, 5.41) is 33.5. The molecule has 10 heteroatoms. The summed E-state index contributed by atoms with van der Waals surface area (Å²) in [4.78, 5) is 24.9. The number of carbonyl (C=O) groups excluding carboxylic acids is 2. The third-order valence-electron chi connectivity index (χ3n) is 8.58.